The first kappa shape index (κ1) is 15.3. The molecule has 0 atom stereocenters. The largest absolute Gasteiger partial charge is 0.381 e. The Bertz CT molecular complexity index is 656. The van der Waals surface area contributed by atoms with Crippen molar-refractivity contribution in [3.05, 3.63) is 68.7 Å². The maximum atomic E-state index is 10.7. The van der Waals surface area contributed by atoms with Crippen molar-refractivity contribution >= 4 is 23.0 Å². The van der Waals surface area contributed by atoms with E-state index in [4.69, 9.17) is 11.6 Å². The molecule has 2 aromatic carbocycles. The van der Waals surface area contributed by atoms with Crippen LogP contribution in [0.3, 0.4) is 0 Å². The fourth-order valence-corrected chi connectivity index (χ4v) is 2.24. The van der Waals surface area contributed by atoms with Gasteiger partial charge in [-0.25, -0.2) is 0 Å². The van der Waals surface area contributed by atoms with Crippen LogP contribution < -0.4 is 5.32 Å². The van der Waals surface area contributed by atoms with Crippen LogP contribution in [-0.2, 0) is 6.54 Å². The summed E-state index contributed by atoms with van der Waals surface area (Å²) >= 11 is 6.08. The monoisotopic (exact) mass is 304 g/mol. The van der Waals surface area contributed by atoms with Gasteiger partial charge in [0, 0.05) is 24.4 Å². The minimum atomic E-state index is -0.449. The maximum Gasteiger partial charge on any atom is 0.270 e. The molecule has 0 spiro atoms. The van der Waals surface area contributed by atoms with Gasteiger partial charge in [-0.3, -0.25) is 10.1 Å². The van der Waals surface area contributed by atoms with Crippen LogP contribution in [-0.4, -0.2) is 4.92 Å². The van der Waals surface area contributed by atoms with E-state index < -0.39 is 4.92 Å². The number of hydrogen-bond donors (Lipinski definition) is 1. The minimum absolute atomic E-state index is 0.00514. The van der Waals surface area contributed by atoms with Crippen molar-refractivity contribution in [3.63, 3.8) is 0 Å². The summed E-state index contributed by atoms with van der Waals surface area (Å²) in [6.07, 6.45) is 0. The Morgan fingerprint density at radius 3 is 2.62 bits per heavy atom. The molecule has 0 aliphatic heterocycles. The molecule has 110 valence electrons. The van der Waals surface area contributed by atoms with Crippen LogP contribution >= 0.6 is 11.6 Å². The molecule has 0 aliphatic carbocycles. The summed E-state index contributed by atoms with van der Waals surface area (Å²) in [5.74, 6) is 0.467. The second-order valence-corrected chi connectivity index (χ2v) is 5.57. The normalized spacial score (nSPS) is 10.7. The van der Waals surface area contributed by atoms with Crippen LogP contribution in [0, 0.1) is 10.1 Å². The molecular weight excluding hydrogens is 288 g/mol. The van der Waals surface area contributed by atoms with E-state index in [1.54, 1.807) is 6.07 Å². The first-order valence-corrected chi connectivity index (χ1v) is 7.12. The number of nitro benzene ring substituents is 1. The van der Waals surface area contributed by atoms with E-state index in [2.05, 4.69) is 31.3 Å². The lowest BCUT2D eigenvalue weighted by molar-refractivity contribution is -0.384. The van der Waals surface area contributed by atoms with Crippen molar-refractivity contribution in [1.82, 2.24) is 0 Å². The Labute approximate surface area is 128 Å². The number of benzene rings is 2. The number of nitrogens with one attached hydrogen (secondary N) is 1. The molecule has 21 heavy (non-hydrogen) atoms. The standard InChI is InChI=1S/C16H17ClN2O2/c1-11(2)12-4-3-5-14(8-12)18-10-13-6-7-15(19(20)21)9-16(13)17/h3-9,11,18H,10H2,1-2H3. The fraction of sp³-hybridized carbons (Fsp3) is 0.250. The third-order valence-electron chi connectivity index (χ3n) is 3.28. The van der Waals surface area contributed by atoms with Gasteiger partial charge in [-0.15, -0.1) is 0 Å². The average molecular weight is 305 g/mol. The van der Waals surface area contributed by atoms with Crippen molar-refractivity contribution in [1.29, 1.82) is 0 Å². The number of anilines is 1. The summed E-state index contributed by atoms with van der Waals surface area (Å²) in [6.45, 7) is 4.82. The summed E-state index contributed by atoms with van der Waals surface area (Å²) in [7, 11) is 0. The lowest BCUT2D eigenvalue weighted by Gasteiger charge is -2.11. The van der Waals surface area contributed by atoms with Gasteiger partial charge in [-0.05, 0) is 35.2 Å². The summed E-state index contributed by atoms with van der Waals surface area (Å²) in [5, 5.41) is 14.4. The van der Waals surface area contributed by atoms with Gasteiger partial charge in [0.25, 0.3) is 5.69 Å². The minimum Gasteiger partial charge on any atom is -0.381 e. The van der Waals surface area contributed by atoms with E-state index in [1.165, 1.54) is 17.7 Å². The molecule has 5 heteroatoms. The van der Waals surface area contributed by atoms with Crippen molar-refractivity contribution in [2.24, 2.45) is 0 Å². The molecule has 4 nitrogen and oxygen atoms in total. The average Bonchev–Trinajstić information content (AvgIpc) is 2.46. The number of rotatable bonds is 5. The second-order valence-electron chi connectivity index (χ2n) is 5.17. The molecule has 2 rings (SSSR count). The van der Waals surface area contributed by atoms with Gasteiger partial charge < -0.3 is 5.32 Å². The van der Waals surface area contributed by atoms with E-state index >= 15 is 0 Å². The number of halogens is 1. The zero-order chi connectivity index (χ0) is 15.4. The molecule has 0 bridgehead atoms. The molecule has 0 saturated carbocycles. The van der Waals surface area contributed by atoms with Gasteiger partial charge in [-0.1, -0.05) is 37.6 Å². The van der Waals surface area contributed by atoms with Crippen LogP contribution in [0.1, 0.15) is 30.9 Å². The zero-order valence-corrected chi connectivity index (χ0v) is 12.7. The highest BCUT2D eigenvalue weighted by molar-refractivity contribution is 6.31. The Kier molecular flexibility index (Phi) is 4.81. The Balaban J connectivity index is 2.09. The molecule has 0 saturated heterocycles. The SMILES string of the molecule is CC(C)c1cccc(NCc2ccc([N+](=O)[O-])cc2Cl)c1. The van der Waals surface area contributed by atoms with Gasteiger partial charge in [-0.2, -0.15) is 0 Å². The summed E-state index contributed by atoms with van der Waals surface area (Å²) < 4.78 is 0. The quantitative estimate of drug-likeness (QED) is 0.626. The third kappa shape index (κ3) is 3.95. The van der Waals surface area contributed by atoms with Gasteiger partial charge in [0.15, 0.2) is 0 Å². The molecule has 0 aliphatic rings. The Hall–Kier alpha value is -2.07. The number of nitro groups is 1. The van der Waals surface area contributed by atoms with E-state index in [0.717, 1.165) is 11.3 Å². The molecule has 0 unspecified atom stereocenters. The van der Waals surface area contributed by atoms with Gasteiger partial charge in [0.1, 0.15) is 0 Å². The summed E-state index contributed by atoms with van der Waals surface area (Å²) in [4.78, 5) is 10.2. The molecule has 0 aromatic heterocycles. The van der Waals surface area contributed by atoms with Gasteiger partial charge in [0.2, 0.25) is 0 Å². The number of nitrogens with zero attached hydrogens (tertiary/aromatic N) is 1. The fourth-order valence-electron chi connectivity index (χ4n) is 2.00. The van der Waals surface area contributed by atoms with Gasteiger partial charge in [0.05, 0.1) is 9.95 Å². The van der Waals surface area contributed by atoms with E-state index in [0.29, 0.717) is 17.5 Å². The second kappa shape index (κ2) is 6.59. The Morgan fingerprint density at radius 2 is 2.00 bits per heavy atom. The summed E-state index contributed by atoms with van der Waals surface area (Å²) in [5.41, 5.74) is 3.10. The maximum absolute atomic E-state index is 10.7. The first-order chi connectivity index (χ1) is 9.97. The van der Waals surface area contributed by atoms with E-state index in [-0.39, 0.29) is 5.69 Å². The highest BCUT2D eigenvalue weighted by Crippen LogP contribution is 2.24. The van der Waals surface area contributed by atoms with E-state index in [1.807, 2.05) is 12.1 Å². The van der Waals surface area contributed by atoms with Crippen molar-refractivity contribution in [2.75, 3.05) is 5.32 Å². The molecule has 2 aromatic rings. The molecule has 0 radical (unpaired) electrons. The highest BCUT2D eigenvalue weighted by Gasteiger charge is 2.09. The van der Waals surface area contributed by atoms with Crippen molar-refractivity contribution in [3.8, 4) is 0 Å². The van der Waals surface area contributed by atoms with Crippen LogP contribution in [0.4, 0.5) is 11.4 Å². The predicted octanol–water partition coefficient (Wildman–Crippen LogP) is 4.98. The first-order valence-electron chi connectivity index (χ1n) is 6.74. The zero-order valence-electron chi connectivity index (χ0n) is 12.0. The smallest absolute Gasteiger partial charge is 0.270 e. The molecular formula is C16H17ClN2O2. The van der Waals surface area contributed by atoms with E-state index in [9.17, 15) is 10.1 Å². The van der Waals surface area contributed by atoms with Crippen LogP contribution in [0.15, 0.2) is 42.5 Å². The predicted molar refractivity (Wildman–Crippen MR) is 86.0 cm³/mol. The van der Waals surface area contributed by atoms with Crippen LogP contribution in [0.5, 0.6) is 0 Å². The third-order valence-corrected chi connectivity index (χ3v) is 3.64. The molecule has 0 fully saturated rings. The van der Waals surface area contributed by atoms with Crippen LogP contribution in [0.2, 0.25) is 5.02 Å². The summed E-state index contributed by atoms with van der Waals surface area (Å²) in [6, 6.07) is 12.7. The lowest BCUT2D eigenvalue weighted by atomic mass is 10.0. The lowest BCUT2D eigenvalue weighted by Crippen LogP contribution is -2.01. The van der Waals surface area contributed by atoms with Crippen molar-refractivity contribution < 1.29 is 4.92 Å². The van der Waals surface area contributed by atoms with Crippen molar-refractivity contribution in [2.45, 2.75) is 26.3 Å². The Morgan fingerprint density at radius 1 is 1.24 bits per heavy atom. The number of hydrogen-bond acceptors (Lipinski definition) is 3. The molecule has 1 N–H and O–H groups in total. The molecule has 0 amide bonds. The van der Waals surface area contributed by atoms with Crippen LogP contribution in [0.25, 0.3) is 0 Å². The topological polar surface area (TPSA) is 55.2 Å². The highest BCUT2D eigenvalue weighted by atomic mass is 35.5. The number of non-ortho nitro benzene ring substituents is 1. The van der Waals surface area contributed by atoms with Gasteiger partial charge >= 0.3 is 0 Å². The molecule has 0 heterocycles.